The first-order valence-electron chi connectivity index (χ1n) is 6.76. The Hall–Kier alpha value is -1.54. The molecule has 19 heavy (non-hydrogen) atoms. The second-order valence-corrected chi connectivity index (χ2v) is 6.25. The first-order valence-corrected chi connectivity index (χ1v) is 6.76. The fourth-order valence-electron chi connectivity index (χ4n) is 2.17. The summed E-state index contributed by atoms with van der Waals surface area (Å²) in [7, 11) is 0. The molecule has 0 aliphatic rings. The van der Waals surface area contributed by atoms with Gasteiger partial charge in [0.05, 0.1) is 6.26 Å². The highest BCUT2D eigenvalue weighted by atomic mass is 16.3. The van der Waals surface area contributed by atoms with E-state index in [1.807, 2.05) is 13.0 Å². The van der Waals surface area contributed by atoms with Crippen LogP contribution in [0, 0.1) is 6.92 Å². The summed E-state index contributed by atoms with van der Waals surface area (Å²) in [5.41, 5.74) is 10.1. The quantitative estimate of drug-likeness (QED) is 0.898. The Morgan fingerprint density at radius 1 is 1.16 bits per heavy atom. The summed E-state index contributed by atoms with van der Waals surface area (Å²) >= 11 is 0. The lowest BCUT2D eigenvalue weighted by molar-refractivity contribution is 0.528. The second kappa shape index (κ2) is 5.22. The van der Waals surface area contributed by atoms with Gasteiger partial charge in [-0.15, -0.1) is 0 Å². The summed E-state index contributed by atoms with van der Waals surface area (Å²) in [5, 5.41) is 0. The number of benzene rings is 1. The van der Waals surface area contributed by atoms with Gasteiger partial charge < -0.3 is 10.2 Å². The summed E-state index contributed by atoms with van der Waals surface area (Å²) in [6, 6.07) is 10.7. The third kappa shape index (κ3) is 3.48. The fourth-order valence-corrected chi connectivity index (χ4v) is 2.17. The van der Waals surface area contributed by atoms with Crippen molar-refractivity contribution in [2.75, 3.05) is 0 Å². The zero-order chi connectivity index (χ0) is 14.0. The maximum atomic E-state index is 6.20. The van der Waals surface area contributed by atoms with Gasteiger partial charge in [0.15, 0.2) is 0 Å². The topological polar surface area (TPSA) is 39.2 Å². The van der Waals surface area contributed by atoms with Crippen molar-refractivity contribution in [2.45, 2.75) is 45.6 Å². The Bertz CT molecular complexity index is 531. The maximum absolute atomic E-state index is 6.20. The minimum atomic E-state index is -0.00191. The van der Waals surface area contributed by atoms with Crippen LogP contribution in [0.5, 0.6) is 0 Å². The van der Waals surface area contributed by atoms with Crippen LogP contribution in [0.3, 0.4) is 0 Å². The Morgan fingerprint density at radius 3 is 2.26 bits per heavy atom. The van der Waals surface area contributed by atoms with Crippen LogP contribution in [0.1, 0.15) is 49.3 Å². The minimum Gasteiger partial charge on any atom is -0.469 e. The first kappa shape index (κ1) is 13.9. The maximum Gasteiger partial charge on any atom is 0.101 e. The van der Waals surface area contributed by atoms with E-state index in [-0.39, 0.29) is 11.5 Å². The molecule has 1 unspecified atom stereocenters. The first-order chi connectivity index (χ1) is 8.86. The van der Waals surface area contributed by atoms with E-state index in [0.717, 1.165) is 17.7 Å². The monoisotopic (exact) mass is 257 g/mol. The van der Waals surface area contributed by atoms with Crippen molar-refractivity contribution < 1.29 is 4.42 Å². The van der Waals surface area contributed by atoms with Gasteiger partial charge in [-0.3, -0.25) is 0 Å². The standard InChI is InChI=1S/C17H23NO/c1-12-9-14(11-19-12)16(18)10-13-5-7-15(8-6-13)17(2,3)4/h5-9,11,16H,10,18H2,1-4H3. The van der Waals surface area contributed by atoms with E-state index in [1.54, 1.807) is 6.26 Å². The van der Waals surface area contributed by atoms with Gasteiger partial charge in [-0.1, -0.05) is 45.0 Å². The molecule has 0 saturated heterocycles. The van der Waals surface area contributed by atoms with Crippen molar-refractivity contribution in [1.29, 1.82) is 0 Å². The lowest BCUT2D eigenvalue weighted by Crippen LogP contribution is -2.13. The van der Waals surface area contributed by atoms with Gasteiger partial charge in [-0.2, -0.15) is 0 Å². The molecule has 0 aliphatic carbocycles. The molecule has 2 N–H and O–H groups in total. The highest BCUT2D eigenvalue weighted by Gasteiger charge is 2.14. The molecule has 1 aromatic carbocycles. The molecular formula is C17H23NO. The van der Waals surface area contributed by atoms with E-state index < -0.39 is 0 Å². The largest absolute Gasteiger partial charge is 0.469 e. The summed E-state index contributed by atoms with van der Waals surface area (Å²) in [5.74, 6) is 0.911. The van der Waals surface area contributed by atoms with Crippen molar-refractivity contribution in [1.82, 2.24) is 0 Å². The van der Waals surface area contributed by atoms with Gasteiger partial charge in [0, 0.05) is 11.6 Å². The molecule has 0 spiro atoms. The van der Waals surface area contributed by atoms with Crippen molar-refractivity contribution in [3.63, 3.8) is 0 Å². The van der Waals surface area contributed by atoms with Gasteiger partial charge in [0.2, 0.25) is 0 Å². The average molecular weight is 257 g/mol. The molecule has 2 nitrogen and oxygen atoms in total. The molecule has 2 heteroatoms. The van der Waals surface area contributed by atoms with E-state index in [0.29, 0.717) is 0 Å². The Morgan fingerprint density at radius 2 is 1.79 bits per heavy atom. The number of rotatable bonds is 3. The molecule has 1 atom stereocenters. The second-order valence-electron chi connectivity index (χ2n) is 6.25. The zero-order valence-electron chi connectivity index (χ0n) is 12.2. The van der Waals surface area contributed by atoms with E-state index in [4.69, 9.17) is 10.2 Å². The summed E-state index contributed by atoms with van der Waals surface area (Å²) < 4.78 is 5.31. The van der Waals surface area contributed by atoms with Crippen LogP contribution >= 0.6 is 0 Å². The Labute approximate surface area is 115 Å². The number of hydrogen-bond donors (Lipinski definition) is 1. The molecule has 102 valence electrons. The van der Waals surface area contributed by atoms with E-state index in [2.05, 4.69) is 45.0 Å². The van der Waals surface area contributed by atoms with Crippen LogP contribution in [0.4, 0.5) is 0 Å². The van der Waals surface area contributed by atoms with Crippen LogP contribution in [0.25, 0.3) is 0 Å². The van der Waals surface area contributed by atoms with E-state index >= 15 is 0 Å². The Kier molecular flexibility index (Phi) is 3.81. The molecular weight excluding hydrogens is 234 g/mol. The van der Waals surface area contributed by atoms with Crippen molar-refractivity contribution in [2.24, 2.45) is 5.73 Å². The third-order valence-electron chi connectivity index (χ3n) is 3.45. The highest BCUT2D eigenvalue weighted by molar-refractivity contribution is 5.29. The molecule has 0 bridgehead atoms. The average Bonchev–Trinajstić information content (AvgIpc) is 2.75. The van der Waals surface area contributed by atoms with Crippen LogP contribution in [0.15, 0.2) is 41.0 Å². The summed E-state index contributed by atoms with van der Waals surface area (Å²) in [6.45, 7) is 8.61. The van der Waals surface area contributed by atoms with E-state index in [9.17, 15) is 0 Å². The predicted octanol–water partition coefficient (Wildman–Crippen LogP) is 4.13. The van der Waals surface area contributed by atoms with Crippen LogP contribution in [0.2, 0.25) is 0 Å². The summed E-state index contributed by atoms with van der Waals surface area (Å²) in [6.07, 6.45) is 2.59. The molecule has 2 rings (SSSR count). The number of hydrogen-bond acceptors (Lipinski definition) is 2. The molecule has 1 aromatic heterocycles. The molecule has 0 aliphatic heterocycles. The van der Waals surface area contributed by atoms with Crippen molar-refractivity contribution >= 4 is 0 Å². The molecule has 1 heterocycles. The van der Waals surface area contributed by atoms with Crippen molar-refractivity contribution in [3.05, 3.63) is 59.0 Å². The van der Waals surface area contributed by atoms with Crippen LogP contribution in [-0.4, -0.2) is 0 Å². The molecule has 2 aromatic rings. The van der Waals surface area contributed by atoms with Gasteiger partial charge in [0.25, 0.3) is 0 Å². The third-order valence-corrected chi connectivity index (χ3v) is 3.45. The minimum absolute atomic E-state index is 0.00191. The van der Waals surface area contributed by atoms with Crippen LogP contribution < -0.4 is 5.73 Å². The van der Waals surface area contributed by atoms with Gasteiger partial charge in [0.1, 0.15) is 5.76 Å². The smallest absolute Gasteiger partial charge is 0.101 e. The number of furan rings is 1. The fraction of sp³-hybridized carbons (Fsp3) is 0.412. The van der Waals surface area contributed by atoms with Gasteiger partial charge in [-0.25, -0.2) is 0 Å². The molecule has 0 amide bonds. The van der Waals surface area contributed by atoms with Crippen LogP contribution in [-0.2, 0) is 11.8 Å². The number of aryl methyl sites for hydroxylation is 1. The molecule has 0 saturated carbocycles. The normalized spacial score (nSPS) is 13.5. The van der Waals surface area contributed by atoms with Gasteiger partial charge in [-0.05, 0) is 36.0 Å². The van der Waals surface area contributed by atoms with E-state index in [1.165, 1.54) is 11.1 Å². The molecule has 0 fully saturated rings. The predicted molar refractivity (Wildman–Crippen MR) is 79.2 cm³/mol. The number of nitrogens with two attached hydrogens (primary N) is 1. The lowest BCUT2D eigenvalue weighted by Gasteiger charge is -2.19. The Balaban J connectivity index is 2.07. The van der Waals surface area contributed by atoms with Crippen molar-refractivity contribution in [3.8, 4) is 0 Å². The zero-order valence-corrected chi connectivity index (χ0v) is 12.2. The molecule has 0 radical (unpaired) electrons. The lowest BCUT2D eigenvalue weighted by atomic mass is 9.86. The summed E-state index contributed by atoms with van der Waals surface area (Å²) in [4.78, 5) is 0. The van der Waals surface area contributed by atoms with Gasteiger partial charge >= 0.3 is 0 Å². The SMILES string of the molecule is Cc1cc(C(N)Cc2ccc(C(C)(C)C)cc2)co1. The highest BCUT2D eigenvalue weighted by Crippen LogP contribution is 2.24.